The van der Waals surface area contributed by atoms with Crippen LogP contribution in [0.15, 0.2) is 0 Å². The maximum Gasteiger partial charge on any atom is 0.236 e. The van der Waals surface area contributed by atoms with E-state index < -0.39 is 0 Å². The highest BCUT2D eigenvalue weighted by Crippen LogP contribution is 2.19. The van der Waals surface area contributed by atoms with E-state index in [1.54, 1.807) is 7.05 Å². The zero-order valence-electron chi connectivity index (χ0n) is 12.7. The molecule has 20 heavy (non-hydrogen) atoms. The monoisotopic (exact) mass is 281 g/mol. The summed E-state index contributed by atoms with van der Waals surface area (Å²) in [5.41, 5.74) is 0. The second-order valence-corrected chi connectivity index (χ2v) is 6.25. The standard InChI is InChI=1S/C15H27N3O2/c1-12-4-3-7-18(10-12)14(19)11-17-8-5-13(6-9-17)15(20)16-2/h12-13H,3-11H2,1-2H3,(H,16,20). The van der Waals surface area contributed by atoms with Crippen LogP contribution in [-0.4, -0.2) is 61.4 Å². The van der Waals surface area contributed by atoms with E-state index in [2.05, 4.69) is 17.1 Å². The summed E-state index contributed by atoms with van der Waals surface area (Å²) in [7, 11) is 1.69. The van der Waals surface area contributed by atoms with Crippen LogP contribution in [0.4, 0.5) is 0 Å². The number of hydrogen-bond acceptors (Lipinski definition) is 3. The first-order valence-electron chi connectivity index (χ1n) is 7.82. The predicted octanol–water partition coefficient (Wildman–Crippen LogP) is 0.703. The lowest BCUT2D eigenvalue weighted by Gasteiger charge is -2.35. The number of likely N-dealkylation sites (tertiary alicyclic amines) is 2. The molecule has 5 nitrogen and oxygen atoms in total. The molecule has 1 atom stereocenters. The van der Waals surface area contributed by atoms with E-state index in [4.69, 9.17) is 0 Å². The van der Waals surface area contributed by atoms with Crippen LogP contribution in [-0.2, 0) is 9.59 Å². The first-order chi connectivity index (χ1) is 9.60. The van der Waals surface area contributed by atoms with Gasteiger partial charge in [0.1, 0.15) is 0 Å². The van der Waals surface area contributed by atoms with Gasteiger partial charge in [-0.25, -0.2) is 0 Å². The van der Waals surface area contributed by atoms with Crippen molar-refractivity contribution >= 4 is 11.8 Å². The summed E-state index contributed by atoms with van der Waals surface area (Å²) >= 11 is 0. The summed E-state index contributed by atoms with van der Waals surface area (Å²) in [6.45, 7) is 6.27. The van der Waals surface area contributed by atoms with Crippen LogP contribution in [0.1, 0.15) is 32.6 Å². The normalized spacial score (nSPS) is 25.5. The Kier molecular flexibility index (Phi) is 5.40. The molecule has 2 heterocycles. The number of rotatable bonds is 3. The van der Waals surface area contributed by atoms with Crippen molar-refractivity contribution in [1.29, 1.82) is 0 Å². The Morgan fingerprint density at radius 3 is 2.45 bits per heavy atom. The molecule has 2 saturated heterocycles. The molecular formula is C15H27N3O2. The smallest absolute Gasteiger partial charge is 0.236 e. The Balaban J connectivity index is 1.74. The Bertz CT molecular complexity index is 351. The molecule has 5 heteroatoms. The molecule has 2 rings (SSSR count). The second kappa shape index (κ2) is 7.07. The third-order valence-corrected chi connectivity index (χ3v) is 4.57. The van der Waals surface area contributed by atoms with Gasteiger partial charge in [-0.2, -0.15) is 0 Å². The maximum absolute atomic E-state index is 12.3. The van der Waals surface area contributed by atoms with Crippen molar-refractivity contribution in [3.05, 3.63) is 0 Å². The minimum Gasteiger partial charge on any atom is -0.359 e. The number of nitrogens with zero attached hydrogens (tertiary/aromatic N) is 2. The zero-order chi connectivity index (χ0) is 14.5. The fourth-order valence-electron chi connectivity index (χ4n) is 3.26. The summed E-state index contributed by atoms with van der Waals surface area (Å²) in [5.74, 6) is 1.16. The lowest BCUT2D eigenvalue weighted by atomic mass is 9.96. The molecule has 2 fully saturated rings. The van der Waals surface area contributed by atoms with Crippen molar-refractivity contribution in [1.82, 2.24) is 15.1 Å². The van der Waals surface area contributed by atoms with Gasteiger partial charge in [0.25, 0.3) is 0 Å². The number of amides is 2. The van der Waals surface area contributed by atoms with E-state index in [1.807, 2.05) is 4.90 Å². The molecule has 0 radical (unpaired) electrons. The quantitative estimate of drug-likeness (QED) is 0.828. The Morgan fingerprint density at radius 1 is 1.15 bits per heavy atom. The summed E-state index contributed by atoms with van der Waals surface area (Å²) in [5, 5.41) is 2.71. The van der Waals surface area contributed by atoms with Gasteiger partial charge in [0.15, 0.2) is 0 Å². The molecule has 0 aromatic heterocycles. The van der Waals surface area contributed by atoms with Crippen LogP contribution >= 0.6 is 0 Å². The summed E-state index contributed by atoms with van der Waals surface area (Å²) in [4.78, 5) is 28.1. The molecule has 1 N–H and O–H groups in total. The van der Waals surface area contributed by atoms with Gasteiger partial charge in [0, 0.05) is 26.1 Å². The van der Waals surface area contributed by atoms with Gasteiger partial charge in [-0.1, -0.05) is 6.92 Å². The molecular weight excluding hydrogens is 254 g/mol. The highest BCUT2D eigenvalue weighted by Gasteiger charge is 2.27. The van der Waals surface area contributed by atoms with Gasteiger partial charge in [-0.05, 0) is 44.7 Å². The van der Waals surface area contributed by atoms with Crippen LogP contribution < -0.4 is 5.32 Å². The zero-order valence-corrected chi connectivity index (χ0v) is 12.7. The molecule has 0 aromatic rings. The largest absolute Gasteiger partial charge is 0.359 e. The number of piperidine rings is 2. The van der Waals surface area contributed by atoms with E-state index in [0.29, 0.717) is 12.5 Å². The van der Waals surface area contributed by atoms with Crippen molar-refractivity contribution in [2.45, 2.75) is 32.6 Å². The number of nitrogens with one attached hydrogen (secondary N) is 1. The summed E-state index contributed by atoms with van der Waals surface area (Å²) in [6.07, 6.45) is 4.10. The summed E-state index contributed by atoms with van der Waals surface area (Å²) < 4.78 is 0. The number of hydrogen-bond donors (Lipinski definition) is 1. The van der Waals surface area contributed by atoms with Crippen molar-refractivity contribution < 1.29 is 9.59 Å². The first-order valence-corrected chi connectivity index (χ1v) is 7.82. The van der Waals surface area contributed by atoms with Crippen molar-refractivity contribution in [2.24, 2.45) is 11.8 Å². The van der Waals surface area contributed by atoms with Crippen LogP contribution in [0.2, 0.25) is 0 Å². The molecule has 2 aliphatic rings. The molecule has 0 aliphatic carbocycles. The van der Waals surface area contributed by atoms with Crippen molar-refractivity contribution in [2.75, 3.05) is 39.8 Å². The van der Waals surface area contributed by atoms with Crippen molar-refractivity contribution in [3.63, 3.8) is 0 Å². The second-order valence-electron chi connectivity index (χ2n) is 6.25. The van der Waals surface area contributed by atoms with E-state index in [0.717, 1.165) is 45.4 Å². The highest BCUT2D eigenvalue weighted by atomic mass is 16.2. The van der Waals surface area contributed by atoms with E-state index >= 15 is 0 Å². The van der Waals surface area contributed by atoms with Crippen LogP contribution in [0, 0.1) is 11.8 Å². The van der Waals surface area contributed by atoms with Gasteiger partial charge in [0.2, 0.25) is 11.8 Å². The molecule has 1 unspecified atom stereocenters. The van der Waals surface area contributed by atoms with E-state index in [-0.39, 0.29) is 17.7 Å². The number of carbonyl (C=O) groups is 2. The lowest BCUT2D eigenvalue weighted by Crippen LogP contribution is -2.47. The van der Waals surface area contributed by atoms with Gasteiger partial charge in [-0.15, -0.1) is 0 Å². The average molecular weight is 281 g/mol. The van der Waals surface area contributed by atoms with E-state index in [9.17, 15) is 9.59 Å². The lowest BCUT2D eigenvalue weighted by molar-refractivity contribution is -0.134. The number of carbonyl (C=O) groups excluding carboxylic acids is 2. The third kappa shape index (κ3) is 3.95. The van der Waals surface area contributed by atoms with Gasteiger partial charge in [-0.3, -0.25) is 14.5 Å². The minimum absolute atomic E-state index is 0.126. The highest BCUT2D eigenvalue weighted by molar-refractivity contribution is 5.79. The molecule has 2 amide bonds. The van der Waals surface area contributed by atoms with Crippen molar-refractivity contribution in [3.8, 4) is 0 Å². The third-order valence-electron chi connectivity index (χ3n) is 4.57. The van der Waals surface area contributed by atoms with Gasteiger partial charge in [0.05, 0.1) is 6.54 Å². The molecule has 114 valence electrons. The van der Waals surface area contributed by atoms with Gasteiger partial charge < -0.3 is 10.2 Å². The predicted molar refractivity (Wildman–Crippen MR) is 78.2 cm³/mol. The Hall–Kier alpha value is -1.10. The van der Waals surface area contributed by atoms with Gasteiger partial charge >= 0.3 is 0 Å². The fraction of sp³-hybridized carbons (Fsp3) is 0.867. The summed E-state index contributed by atoms with van der Waals surface area (Å²) in [6, 6.07) is 0. The fourth-order valence-corrected chi connectivity index (χ4v) is 3.26. The molecule has 0 spiro atoms. The molecule has 0 aromatic carbocycles. The Morgan fingerprint density at radius 2 is 1.85 bits per heavy atom. The average Bonchev–Trinajstić information content (AvgIpc) is 2.47. The van der Waals surface area contributed by atoms with Crippen LogP contribution in [0.3, 0.4) is 0 Å². The molecule has 0 bridgehead atoms. The molecule has 0 saturated carbocycles. The topological polar surface area (TPSA) is 52.7 Å². The molecule has 2 aliphatic heterocycles. The SMILES string of the molecule is CNC(=O)C1CCN(CC(=O)N2CCCC(C)C2)CC1. The maximum atomic E-state index is 12.3. The minimum atomic E-state index is 0.126. The Labute approximate surface area is 121 Å². The first kappa shape index (κ1) is 15.3. The van der Waals surface area contributed by atoms with Crippen LogP contribution in [0.25, 0.3) is 0 Å². The van der Waals surface area contributed by atoms with E-state index in [1.165, 1.54) is 6.42 Å². The van der Waals surface area contributed by atoms with Crippen LogP contribution in [0.5, 0.6) is 0 Å².